The molecule has 0 heterocycles. The molecule has 0 saturated carbocycles. The molecule has 0 aliphatic heterocycles. The summed E-state index contributed by atoms with van der Waals surface area (Å²) >= 11 is 5.84. The molecular weight excluding hydrogens is 234 g/mol. The Morgan fingerprint density at radius 3 is 2.71 bits per heavy atom. The lowest BCUT2D eigenvalue weighted by molar-refractivity contribution is -0.116. The molecule has 17 heavy (non-hydrogen) atoms. The lowest BCUT2D eigenvalue weighted by Gasteiger charge is -2.05. The summed E-state index contributed by atoms with van der Waals surface area (Å²) in [5.74, 6) is 0.0729. The highest BCUT2D eigenvalue weighted by atomic mass is 35.5. The molecule has 1 aromatic rings. The molecule has 1 aromatic carbocycles. The minimum Gasteiger partial charge on any atom is -0.326 e. The Kier molecular flexibility index (Phi) is 6.71. The van der Waals surface area contributed by atoms with Crippen molar-refractivity contribution < 1.29 is 4.79 Å². The van der Waals surface area contributed by atoms with E-state index in [0.717, 1.165) is 18.5 Å². The summed E-state index contributed by atoms with van der Waals surface area (Å²) < 4.78 is 0. The van der Waals surface area contributed by atoms with E-state index in [4.69, 9.17) is 11.6 Å². The Labute approximate surface area is 108 Å². The van der Waals surface area contributed by atoms with E-state index in [2.05, 4.69) is 12.2 Å². The topological polar surface area (TPSA) is 29.1 Å². The third-order valence-electron chi connectivity index (χ3n) is 2.62. The standard InChI is InChI=1S/C14H20ClNO/c1-2-3-4-5-6-10-14(17)16-13-9-7-8-12(15)11-13/h7-9,11H,2-6,10H2,1H3,(H,16,17). The van der Waals surface area contributed by atoms with Crippen LogP contribution in [0.3, 0.4) is 0 Å². The van der Waals surface area contributed by atoms with Crippen LogP contribution in [0.25, 0.3) is 0 Å². The van der Waals surface area contributed by atoms with Crippen LogP contribution in [0.2, 0.25) is 5.02 Å². The number of unbranched alkanes of at least 4 members (excludes halogenated alkanes) is 4. The Morgan fingerprint density at radius 1 is 1.24 bits per heavy atom. The molecule has 0 saturated heterocycles. The first kappa shape index (κ1) is 14.0. The van der Waals surface area contributed by atoms with Crippen LogP contribution in [-0.4, -0.2) is 5.91 Å². The molecule has 2 nitrogen and oxygen atoms in total. The van der Waals surface area contributed by atoms with Gasteiger partial charge < -0.3 is 5.32 Å². The summed E-state index contributed by atoms with van der Waals surface area (Å²) in [7, 11) is 0. The second-order valence-corrected chi connectivity index (χ2v) is 4.66. The molecule has 0 aliphatic rings. The molecule has 94 valence electrons. The van der Waals surface area contributed by atoms with Crippen LogP contribution < -0.4 is 5.32 Å². The zero-order valence-corrected chi connectivity index (χ0v) is 11.1. The van der Waals surface area contributed by atoms with Gasteiger partial charge in [0.05, 0.1) is 0 Å². The number of benzene rings is 1. The van der Waals surface area contributed by atoms with Crippen LogP contribution in [0.15, 0.2) is 24.3 Å². The van der Waals surface area contributed by atoms with Gasteiger partial charge in [-0.3, -0.25) is 4.79 Å². The number of amides is 1. The smallest absolute Gasteiger partial charge is 0.224 e. The fraction of sp³-hybridized carbons (Fsp3) is 0.500. The number of nitrogens with one attached hydrogen (secondary N) is 1. The minimum atomic E-state index is 0.0729. The summed E-state index contributed by atoms with van der Waals surface area (Å²) in [4.78, 5) is 11.6. The molecule has 3 heteroatoms. The van der Waals surface area contributed by atoms with Crippen molar-refractivity contribution in [3.63, 3.8) is 0 Å². The summed E-state index contributed by atoms with van der Waals surface area (Å²) in [6.45, 7) is 2.19. The van der Waals surface area contributed by atoms with Crippen LogP contribution in [0, 0.1) is 0 Å². The number of rotatable bonds is 7. The van der Waals surface area contributed by atoms with E-state index >= 15 is 0 Å². The molecule has 1 rings (SSSR count). The maximum absolute atomic E-state index is 11.6. The van der Waals surface area contributed by atoms with E-state index < -0.39 is 0 Å². The predicted molar refractivity (Wildman–Crippen MR) is 73.5 cm³/mol. The van der Waals surface area contributed by atoms with Gasteiger partial charge in [0, 0.05) is 17.1 Å². The largest absolute Gasteiger partial charge is 0.326 e. The van der Waals surface area contributed by atoms with Crippen molar-refractivity contribution in [2.45, 2.75) is 45.4 Å². The first-order valence-corrected chi connectivity index (χ1v) is 6.65. The lowest BCUT2D eigenvalue weighted by atomic mass is 10.1. The van der Waals surface area contributed by atoms with E-state index in [1.807, 2.05) is 12.1 Å². The SMILES string of the molecule is CCCCCCCC(=O)Nc1cccc(Cl)c1. The second kappa shape index (κ2) is 8.13. The molecule has 0 atom stereocenters. The molecule has 1 N–H and O–H groups in total. The van der Waals surface area contributed by atoms with Crippen molar-refractivity contribution in [1.29, 1.82) is 0 Å². The summed E-state index contributed by atoms with van der Waals surface area (Å²) in [6, 6.07) is 7.23. The van der Waals surface area contributed by atoms with Gasteiger partial charge in [-0.1, -0.05) is 50.3 Å². The Hall–Kier alpha value is -1.02. The Balaban J connectivity index is 2.21. The van der Waals surface area contributed by atoms with Gasteiger partial charge in [-0.25, -0.2) is 0 Å². The zero-order valence-electron chi connectivity index (χ0n) is 10.3. The maximum atomic E-state index is 11.6. The molecular formula is C14H20ClNO. The van der Waals surface area contributed by atoms with Gasteiger partial charge in [0.2, 0.25) is 5.91 Å². The predicted octanol–water partition coefficient (Wildman–Crippen LogP) is 4.64. The highest BCUT2D eigenvalue weighted by molar-refractivity contribution is 6.30. The van der Waals surface area contributed by atoms with E-state index in [-0.39, 0.29) is 5.91 Å². The average Bonchev–Trinajstić information content (AvgIpc) is 2.29. The Morgan fingerprint density at radius 2 is 2.00 bits per heavy atom. The fourth-order valence-electron chi connectivity index (χ4n) is 1.68. The number of anilines is 1. The van der Waals surface area contributed by atoms with Gasteiger partial charge in [-0.15, -0.1) is 0 Å². The quantitative estimate of drug-likeness (QED) is 0.705. The summed E-state index contributed by atoms with van der Waals surface area (Å²) in [5, 5.41) is 3.49. The highest BCUT2D eigenvalue weighted by Crippen LogP contribution is 2.15. The summed E-state index contributed by atoms with van der Waals surface area (Å²) in [6.07, 6.45) is 6.41. The van der Waals surface area contributed by atoms with Crippen molar-refractivity contribution in [2.24, 2.45) is 0 Å². The van der Waals surface area contributed by atoms with Crippen LogP contribution in [0.5, 0.6) is 0 Å². The van der Waals surface area contributed by atoms with Crippen molar-refractivity contribution >= 4 is 23.2 Å². The molecule has 0 unspecified atom stereocenters. The number of carbonyl (C=O) groups is 1. The normalized spacial score (nSPS) is 10.2. The molecule has 0 radical (unpaired) electrons. The van der Waals surface area contributed by atoms with Gasteiger partial charge in [-0.05, 0) is 24.6 Å². The third kappa shape index (κ3) is 6.32. The number of carbonyl (C=O) groups excluding carboxylic acids is 1. The first-order valence-electron chi connectivity index (χ1n) is 6.28. The maximum Gasteiger partial charge on any atom is 0.224 e. The Bertz CT molecular complexity index is 352. The number of hydrogen-bond donors (Lipinski definition) is 1. The number of halogens is 1. The van der Waals surface area contributed by atoms with Gasteiger partial charge in [-0.2, -0.15) is 0 Å². The van der Waals surface area contributed by atoms with Crippen LogP contribution in [0.1, 0.15) is 45.4 Å². The molecule has 0 spiro atoms. The van der Waals surface area contributed by atoms with Crippen molar-refractivity contribution in [2.75, 3.05) is 5.32 Å². The second-order valence-electron chi connectivity index (χ2n) is 4.22. The van der Waals surface area contributed by atoms with E-state index in [0.29, 0.717) is 11.4 Å². The zero-order chi connectivity index (χ0) is 12.5. The van der Waals surface area contributed by atoms with Gasteiger partial charge in [0.1, 0.15) is 0 Å². The summed E-state index contributed by atoms with van der Waals surface area (Å²) in [5.41, 5.74) is 0.774. The molecule has 0 fully saturated rings. The molecule has 0 aromatic heterocycles. The average molecular weight is 254 g/mol. The van der Waals surface area contributed by atoms with Crippen LogP contribution >= 0.6 is 11.6 Å². The lowest BCUT2D eigenvalue weighted by Crippen LogP contribution is -2.10. The van der Waals surface area contributed by atoms with Crippen LogP contribution in [-0.2, 0) is 4.79 Å². The van der Waals surface area contributed by atoms with E-state index in [9.17, 15) is 4.79 Å². The third-order valence-corrected chi connectivity index (χ3v) is 2.85. The van der Waals surface area contributed by atoms with Gasteiger partial charge in [0.15, 0.2) is 0 Å². The van der Waals surface area contributed by atoms with Crippen molar-refractivity contribution in [3.05, 3.63) is 29.3 Å². The molecule has 0 aliphatic carbocycles. The number of hydrogen-bond acceptors (Lipinski definition) is 1. The van der Waals surface area contributed by atoms with E-state index in [1.165, 1.54) is 19.3 Å². The highest BCUT2D eigenvalue weighted by Gasteiger charge is 2.02. The van der Waals surface area contributed by atoms with Crippen molar-refractivity contribution in [1.82, 2.24) is 0 Å². The molecule has 1 amide bonds. The fourth-order valence-corrected chi connectivity index (χ4v) is 1.87. The van der Waals surface area contributed by atoms with Gasteiger partial charge in [0.25, 0.3) is 0 Å². The van der Waals surface area contributed by atoms with E-state index in [1.54, 1.807) is 12.1 Å². The minimum absolute atomic E-state index is 0.0729. The van der Waals surface area contributed by atoms with Crippen molar-refractivity contribution in [3.8, 4) is 0 Å². The van der Waals surface area contributed by atoms with Gasteiger partial charge >= 0.3 is 0 Å². The molecule has 0 bridgehead atoms. The first-order chi connectivity index (χ1) is 8.22. The van der Waals surface area contributed by atoms with Crippen LogP contribution in [0.4, 0.5) is 5.69 Å². The monoisotopic (exact) mass is 253 g/mol.